The van der Waals surface area contributed by atoms with Crippen LogP contribution in [0.2, 0.25) is 0 Å². The highest BCUT2D eigenvalue weighted by Gasteiger charge is 2.19. The maximum Gasteiger partial charge on any atom is 0.134 e. The lowest BCUT2D eigenvalue weighted by molar-refractivity contribution is 0.298. The van der Waals surface area contributed by atoms with Gasteiger partial charge in [0.1, 0.15) is 11.5 Å². The summed E-state index contributed by atoms with van der Waals surface area (Å²) < 4.78 is 13.0. The van der Waals surface area contributed by atoms with E-state index < -0.39 is 0 Å². The minimum absolute atomic E-state index is 0.0967. The Morgan fingerprint density at radius 3 is 1.72 bits per heavy atom. The Kier molecular flexibility index (Phi) is 9.08. The molecule has 0 aliphatic heterocycles. The van der Waals surface area contributed by atoms with E-state index in [1.54, 1.807) is 0 Å². The topological polar surface area (TPSA) is 18.5 Å². The van der Waals surface area contributed by atoms with Crippen LogP contribution in [0.4, 0.5) is 0 Å². The Morgan fingerprint density at radius 1 is 0.688 bits per heavy atom. The van der Waals surface area contributed by atoms with Gasteiger partial charge in [-0.2, -0.15) is 0 Å². The first-order chi connectivity index (χ1) is 15.5. The van der Waals surface area contributed by atoms with Gasteiger partial charge < -0.3 is 9.47 Å². The van der Waals surface area contributed by atoms with Crippen molar-refractivity contribution in [2.75, 3.05) is 13.2 Å². The number of benzene rings is 2. The average molecular weight is 437 g/mol. The third-order valence-corrected chi connectivity index (χ3v) is 6.51. The predicted molar refractivity (Wildman–Crippen MR) is 139 cm³/mol. The summed E-state index contributed by atoms with van der Waals surface area (Å²) in [6.45, 7) is 12.9. The molecule has 0 atom stereocenters. The molecule has 0 bridgehead atoms. The predicted octanol–water partition coefficient (Wildman–Crippen LogP) is 7.41. The SMILES string of the molecule is CCCCCCOc1c2c(c(OCCCCCC)c3cc(C(C)(C)C)ccc13)=CCCC=2. The van der Waals surface area contributed by atoms with Gasteiger partial charge in [-0.15, -0.1) is 0 Å². The van der Waals surface area contributed by atoms with Crippen molar-refractivity contribution in [1.82, 2.24) is 0 Å². The normalized spacial score (nSPS) is 13.4. The molecule has 176 valence electrons. The molecule has 0 fully saturated rings. The van der Waals surface area contributed by atoms with E-state index in [1.807, 2.05) is 0 Å². The summed E-state index contributed by atoms with van der Waals surface area (Å²) in [6, 6.07) is 6.89. The third-order valence-electron chi connectivity index (χ3n) is 6.51. The van der Waals surface area contributed by atoms with E-state index in [9.17, 15) is 0 Å². The molecule has 0 saturated carbocycles. The molecule has 2 nitrogen and oxygen atoms in total. The molecule has 32 heavy (non-hydrogen) atoms. The van der Waals surface area contributed by atoms with Crippen LogP contribution in [0.15, 0.2) is 18.2 Å². The van der Waals surface area contributed by atoms with E-state index in [-0.39, 0.29) is 5.41 Å². The zero-order chi connectivity index (χ0) is 23.0. The molecule has 3 rings (SSSR count). The molecular formula is C30H44O2. The number of ether oxygens (including phenoxy) is 2. The Balaban J connectivity index is 2.06. The quantitative estimate of drug-likeness (QED) is 0.322. The molecule has 0 unspecified atom stereocenters. The lowest BCUT2D eigenvalue weighted by atomic mass is 9.85. The fourth-order valence-corrected chi connectivity index (χ4v) is 4.51. The van der Waals surface area contributed by atoms with Gasteiger partial charge in [0.2, 0.25) is 0 Å². The van der Waals surface area contributed by atoms with E-state index in [0.29, 0.717) is 0 Å². The van der Waals surface area contributed by atoms with Crippen LogP contribution in [-0.4, -0.2) is 13.2 Å². The second-order valence-corrected chi connectivity index (χ2v) is 10.3. The summed E-state index contributed by atoms with van der Waals surface area (Å²) in [6.07, 6.45) is 16.6. The maximum atomic E-state index is 6.54. The number of unbranched alkanes of at least 4 members (excludes halogenated alkanes) is 6. The van der Waals surface area contributed by atoms with Gasteiger partial charge in [-0.1, -0.05) is 97.4 Å². The van der Waals surface area contributed by atoms with Crippen molar-refractivity contribution in [3.05, 3.63) is 34.2 Å². The van der Waals surface area contributed by atoms with Gasteiger partial charge in [-0.05, 0) is 42.7 Å². The summed E-state index contributed by atoms with van der Waals surface area (Å²) >= 11 is 0. The first kappa shape index (κ1) is 24.7. The molecule has 2 aromatic carbocycles. The molecule has 1 aliphatic rings. The zero-order valence-electron chi connectivity index (χ0n) is 21.2. The van der Waals surface area contributed by atoms with Gasteiger partial charge in [0.05, 0.1) is 13.2 Å². The smallest absolute Gasteiger partial charge is 0.134 e. The highest BCUT2D eigenvalue weighted by Crippen LogP contribution is 2.33. The number of hydrogen-bond acceptors (Lipinski definition) is 2. The molecule has 0 N–H and O–H groups in total. The molecule has 0 aromatic heterocycles. The standard InChI is InChI=1S/C30H44O2/c1-6-8-10-14-20-31-28-24-16-12-13-17-25(24)29(32-21-15-11-9-7-2)27-22-23(30(3,4)5)18-19-26(27)28/h16-19,22H,6-15,20-21H2,1-5H3. The zero-order valence-corrected chi connectivity index (χ0v) is 21.2. The van der Waals surface area contributed by atoms with Crippen molar-refractivity contribution in [3.8, 4) is 11.5 Å². The van der Waals surface area contributed by atoms with E-state index in [4.69, 9.17) is 9.47 Å². The fraction of sp³-hybridized carbons (Fsp3) is 0.600. The second-order valence-electron chi connectivity index (χ2n) is 10.3. The van der Waals surface area contributed by atoms with Gasteiger partial charge in [-0.25, -0.2) is 0 Å². The van der Waals surface area contributed by atoms with Crippen molar-refractivity contribution in [2.24, 2.45) is 0 Å². The van der Waals surface area contributed by atoms with Crippen LogP contribution < -0.4 is 19.9 Å². The fourth-order valence-electron chi connectivity index (χ4n) is 4.51. The van der Waals surface area contributed by atoms with E-state index >= 15 is 0 Å². The average Bonchev–Trinajstić information content (AvgIpc) is 2.78. The second kappa shape index (κ2) is 11.8. The van der Waals surface area contributed by atoms with Crippen molar-refractivity contribution in [2.45, 2.75) is 104 Å². The summed E-state index contributed by atoms with van der Waals surface area (Å²) in [4.78, 5) is 0. The van der Waals surface area contributed by atoms with Crippen LogP contribution in [0.25, 0.3) is 22.9 Å². The van der Waals surface area contributed by atoms with Crippen LogP contribution in [0.5, 0.6) is 11.5 Å². The van der Waals surface area contributed by atoms with Gasteiger partial charge in [0.15, 0.2) is 0 Å². The van der Waals surface area contributed by atoms with Crippen LogP contribution >= 0.6 is 0 Å². The summed E-state index contributed by atoms with van der Waals surface area (Å²) in [7, 11) is 0. The van der Waals surface area contributed by atoms with Gasteiger partial charge in [0.25, 0.3) is 0 Å². The Bertz CT molecular complexity index is 994. The lowest BCUT2D eigenvalue weighted by Gasteiger charge is -2.22. The molecule has 0 spiro atoms. The largest absolute Gasteiger partial charge is 0.492 e. The minimum Gasteiger partial charge on any atom is -0.492 e. The first-order valence-corrected chi connectivity index (χ1v) is 13.0. The monoisotopic (exact) mass is 436 g/mol. The van der Waals surface area contributed by atoms with Crippen molar-refractivity contribution in [3.63, 3.8) is 0 Å². The first-order valence-electron chi connectivity index (χ1n) is 13.0. The van der Waals surface area contributed by atoms with Gasteiger partial charge in [-0.3, -0.25) is 0 Å². The highest BCUT2D eigenvalue weighted by atomic mass is 16.5. The van der Waals surface area contributed by atoms with E-state index in [1.165, 1.54) is 65.3 Å². The molecule has 0 heterocycles. The molecule has 0 saturated heterocycles. The van der Waals surface area contributed by atoms with Gasteiger partial charge >= 0.3 is 0 Å². The van der Waals surface area contributed by atoms with Crippen molar-refractivity contribution in [1.29, 1.82) is 0 Å². The maximum absolute atomic E-state index is 6.54. The lowest BCUT2D eigenvalue weighted by Crippen LogP contribution is -2.31. The molecule has 2 heteroatoms. The van der Waals surface area contributed by atoms with Crippen molar-refractivity contribution >= 4 is 22.9 Å². The van der Waals surface area contributed by atoms with Gasteiger partial charge in [0, 0.05) is 21.2 Å². The van der Waals surface area contributed by atoms with E-state index in [0.717, 1.165) is 50.4 Å². The van der Waals surface area contributed by atoms with Crippen LogP contribution in [0.3, 0.4) is 0 Å². The highest BCUT2D eigenvalue weighted by molar-refractivity contribution is 5.95. The number of rotatable bonds is 12. The minimum atomic E-state index is 0.0967. The Morgan fingerprint density at radius 2 is 1.22 bits per heavy atom. The summed E-state index contributed by atoms with van der Waals surface area (Å²) in [5.74, 6) is 2.12. The molecule has 1 aliphatic carbocycles. The van der Waals surface area contributed by atoms with E-state index in [2.05, 4.69) is 65.0 Å². The molecule has 0 radical (unpaired) electrons. The number of hydrogen-bond donors (Lipinski definition) is 0. The number of fused-ring (bicyclic) bond motifs is 2. The van der Waals surface area contributed by atoms with Crippen LogP contribution in [0.1, 0.15) is 104 Å². The Hall–Kier alpha value is -1.96. The molecule has 0 amide bonds. The summed E-state index contributed by atoms with van der Waals surface area (Å²) in [5, 5.41) is 4.89. The molecule has 2 aromatic rings. The molecular weight excluding hydrogens is 392 g/mol. The summed E-state index contributed by atoms with van der Waals surface area (Å²) in [5.41, 5.74) is 1.44. The third kappa shape index (κ3) is 6.09. The van der Waals surface area contributed by atoms with Crippen LogP contribution in [-0.2, 0) is 5.41 Å². The van der Waals surface area contributed by atoms with Crippen LogP contribution in [0, 0.1) is 0 Å². The van der Waals surface area contributed by atoms with Crippen molar-refractivity contribution < 1.29 is 9.47 Å². The Labute approximate surface area is 195 Å².